The van der Waals surface area contributed by atoms with Crippen molar-refractivity contribution in [1.29, 1.82) is 0 Å². The molecule has 8 nitrogen and oxygen atoms in total. The van der Waals surface area contributed by atoms with Crippen LogP contribution >= 0.6 is 12.2 Å². The van der Waals surface area contributed by atoms with Crippen molar-refractivity contribution >= 4 is 28.0 Å². The normalized spacial score (nSPS) is 16.4. The molecule has 0 bridgehead atoms. The van der Waals surface area contributed by atoms with Gasteiger partial charge in [0.1, 0.15) is 16.5 Å². The highest BCUT2D eigenvalue weighted by Crippen LogP contribution is 2.22. The second-order valence-electron chi connectivity index (χ2n) is 7.18. The molecule has 2 aromatic heterocycles. The number of hydrogen-bond donors (Lipinski definition) is 0. The SMILES string of the molecule is Cc1cc(C)n2c(n1)nc(=S)n2CN1CCN(S(=O)(=O)c2cc(F)ccc2F)CC1. The van der Waals surface area contributed by atoms with Crippen LogP contribution in [0, 0.1) is 30.3 Å². The molecule has 0 amide bonds. The van der Waals surface area contributed by atoms with Gasteiger partial charge in [0.15, 0.2) is 0 Å². The molecule has 0 radical (unpaired) electrons. The van der Waals surface area contributed by atoms with E-state index in [1.54, 1.807) is 0 Å². The summed E-state index contributed by atoms with van der Waals surface area (Å²) in [7, 11) is -4.12. The number of halogens is 2. The molecular formula is C18H20F2N6O2S2. The van der Waals surface area contributed by atoms with Crippen molar-refractivity contribution in [3.63, 3.8) is 0 Å². The number of rotatable bonds is 4. The first kappa shape index (κ1) is 21.0. The van der Waals surface area contributed by atoms with Crippen LogP contribution in [0.3, 0.4) is 0 Å². The van der Waals surface area contributed by atoms with Crippen LogP contribution in [0.25, 0.3) is 5.78 Å². The van der Waals surface area contributed by atoms with E-state index in [-0.39, 0.29) is 13.1 Å². The average molecular weight is 455 g/mol. The van der Waals surface area contributed by atoms with Gasteiger partial charge in [0.05, 0.1) is 6.67 Å². The van der Waals surface area contributed by atoms with Crippen molar-refractivity contribution in [3.05, 3.63) is 52.1 Å². The Hall–Kier alpha value is -2.28. The maximum Gasteiger partial charge on any atom is 0.252 e. The lowest BCUT2D eigenvalue weighted by Crippen LogP contribution is -2.49. The van der Waals surface area contributed by atoms with Gasteiger partial charge in [-0.2, -0.15) is 9.29 Å². The lowest BCUT2D eigenvalue weighted by molar-refractivity contribution is 0.142. The molecule has 1 aliphatic rings. The topological polar surface area (TPSA) is 75.7 Å². The molecule has 0 spiro atoms. The van der Waals surface area contributed by atoms with E-state index in [0.717, 1.165) is 23.5 Å². The van der Waals surface area contributed by atoms with E-state index >= 15 is 0 Å². The Balaban J connectivity index is 1.52. The quantitative estimate of drug-likeness (QED) is 0.562. The third-order valence-electron chi connectivity index (χ3n) is 5.05. The molecule has 30 heavy (non-hydrogen) atoms. The van der Waals surface area contributed by atoms with Gasteiger partial charge in [-0.25, -0.2) is 31.4 Å². The fraction of sp³-hybridized carbons (Fsp3) is 0.389. The van der Waals surface area contributed by atoms with Crippen LogP contribution in [0.4, 0.5) is 8.78 Å². The van der Waals surface area contributed by atoms with E-state index in [0.29, 0.717) is 36.4 Å². The molecule has 1 saturated heterocycles. The molecule has 3 heterocycles. The summed E-state index contributed by atoms with van der Waals surface area (Å²) < 4.78 is 58.1. The van der Waals surface area contributed by atoms with Crippen molar-refractivity contribution in [2.24, 2.45) is 0 Å². The number of piperazine rings is 1. The van der Waals surface area contributed by atoms with E-state index in [4.69, 9.17) is 12.2 Å². The molecule has 12 heteroatoms. The smallest absolute Gasteiger partial charge is 0.252 e. The first-order valence-electron chi connectivity index (χ1n) is 9.28. The number of aromatic nitrogens is 4. The minimum atomic E-state index is -4.12. The van der Waals surface area contributed by atoms with Crippen molar-refractivity contribution in [1.82, 2.24) is 28.4 Å². The molecule has 0 atom stereocenters. The van der Waals surface area contributed by atoms with Crippen LogP contribution in [0.2, 0.25) is 0 Å². The highest BCUT2D eigenvalue weighted by atomic mass is 32.2. The molecule has 1 aromatic carbocycles. The lowest BCUT2D eigenvalue weighted by atomic mass is 10.3. The largest absolute Gasteiger partial charge is 0.282 e. The van der Waals surface area contributed by atoms with Crippen LogP contribution < -0.4 is 0 Å². The predicted molar refractivity (Wildman–Crippen MR) is 108 cm³/mol. The number of nitrogens with zero attached hydrogens (tertiary/aromatic N) is 6. The lowest BCUT2D eigenvalue weighted by Gasteiger charge is -2.34. The molecule has 3 aromatic rings. The fourth-order valence-corrected chi connectivity index (χ4v) is 5.32. The monoisotopic (exact) mass is 454 g/mol. The van der Waals surface area contributed by atoms with E-state index in [1.165, 1.54) is 4.31 Å². The van der Waals surface area contributed by atoms with E-state index < -0.39 is 26.6 Å². The van der Waals surface area contributed by atoms with E-state index in [9.17, 15) is 17.2 Å². The third-order valence-corrected chi connectivity index (χ3v) is 7.27. The molecule has 160 valence electrons. The molecule has 4 rings (SSSR count). The minimum Gasteiger partial charge on any atom is -0.282 e. The van der Waals surface area contributed by atoms with Crippen LogP contribution in [-0.2, 0) is 16.7 Å². The van der Waals surface area contributed by atoms with Crippen LogP contribution in [0.5, 0.6) is 0 Å². The molecule has 1 aliphatic heterocycles. The maximum absolute atomic E-state index is 14.0. The molecule has 1 fully saturated rings. The standard InChI is InChI=1S/C18H20F2N6O2S2/c1-12-9-13(2)26-17(21-12)22-18(29)25(26)11-23-5-7-24(8-6-23)30(27,28)16-10-14(19)3-4-15(16)20/h3-4,9-10H,5-8,11H2,1-2H3. The summed E-state index contributed by atoms with van der Waals surface area (Å²) in [5.41, 5.74) is 1.78. The Labute approximate surface area is 177 Å². The zero-order valence-corrected chi connectivity index (χ0v) is 18.1. The van der Waals surface area contributed by atoms with E-state index in [1.807, 2.05) is 34.0 Å². The summed E-state index contributed by atoms with van der Waals surface area (Å²) >= 11 is 5.38. The van der Waals surface area contributed by atoms with Gasteiger partial charge >= 0.3 is 0 Å². The van der Waals surface area contributed by atoms with E-state index in [2.05, 4.69) is 9.97 Å². The van der Waals surface area contributed by atoms with Gasteiger partial charge in [0, 0.05) is 37.6 Å². The first-order chi connectivity index (χ1) is 14.2. The van der Waals surface area contributed by atoms with Gasteiger partial charge in [-0.3, -0.25) is 4.90 Å². The number of benzene rings is 1. The highest BCUT2D eigenvalue weighted by Gasteiger charge is 2.31. The number of hydrogen-bond acceptors (Lipinski definition) is 6. The summed E-state index contributed by atoms with van der Waals surface area (Å²) in [4.78, 5) is 10.1. The van der Waals surface area contributed by atoms with Crippen molar-refractivity contribution in [2.75, 3.05) is 26.2 Å². The van der Waals surface area contributed by atoms with Crippen LogP contribution in [-0.4, -0.2) is 63.0 Å². The Bertz CT molecular complexity index is 1280. The van der Waals surface area contributed by atoms with Crippen LogP contribution in [0.1, 0.15) is 11.4 Å². The van der Waals surface area contributed by atoms with Gasteiger partial charge in [-0.05, 0) is 50.3 Å². The second-order valence-corrected chi connectivity index (χ2v) is 9.45. The van der Waals surface area contributed by atoms with Crippen molar-refractivity contribution < 1.29 is 17.2 Å². The Kier molecular flexibility index (Phi) is 5.43. The number of fused-ring (bicyclic) bond motifs is 1. The summed E-state index contributed by atoms with van der Waals surface area (Å²) in [6.07, 6.45) is 0. The zero-order chi connectivity index (χ0) is 21.6. The summed E-state index contributed by atoms with van der Waals surface area (Å²) in [6, 6.07) is 4.36. The molecular weight excluding hydrogens is 434 g/mol. The van der Waals surface area contributed by atoms with Crippen LogP contribution in [0.15, 0.2) is 29.2 Å². The summed E-state index contributed by atoms with van der Waals surface area (Å²) in [6.45, 7) is 5.35. The highest BCUT2D eigenvalue weighted by molar-refractivity contribution is 7.89. The predicted octanol–water partition coefficient (Wildman–Crippen LogP) is 2.12. The Morgan fingerprint density at radius 3 is 2.47 bits per heavy atom. The first-order valence-corrected chi connectivity index (χ1v) is 11.1. The molecule has 0 saturated carbocycles. The second kappa shape index (κ2) is 7.76. The Morgan fingerprint density at radius 1 is 1.07 bits per heavy atom. The van der Waals surface area contributed by atoms with Crippen molar-refractivity contribution in [2.45, 2.75) is 25.4 Å². The maximum atomic E-state index is 14.0. The molecule has 0 unspecified atom stereocenters. The van der Waals surface area contributed by atoms with Gasteiger partial charge in [-0.15, -0.1) is 0 Å². The number of aryl methyl sites for hydroxylation is 2. The van der Waals surface area contributed by atoms with Gasteiger partial charge in [0.25, 0.3) is 5.78 Å². The van der Waals surface area contributed by atoms with Crippen molar-refractivity contribution in [3.8, 4) is 0 Å². The summed E-state index contributed by atoms with van der Waals surface area (Å²) in [5, 5.41) is 0. The minimum absolute atomic E-state index is 0.151. The third kappa shape index (κ3) is 3.75. The number of sulfonamides is 1. The zero-order valence-electron chi connectivity index (χ0n) is 16.4. The van der Waals surface area contributed by atoms with Gasteiger partial charge in [-0.1, -0.05) is 0 Å². The fourth-order valence-electron chi connectivity index (χ4n) is 3.60. The Morgan fingerprint density at radius 2 is 1.77 bits per heavy atom. The molecule has 0 aliphatic carbocycles. The molecule has 0 N–H and O–H groups in total. The summed E-state index contributed by atoms with van der Waals surface area (Å²) in [5.74, 6) is -1.25. The van der Waals surface area contributed by atoms with Gasteiger partial charge < -0.3 is 0 Å². The average Bonchev–Trinajstić information content (AvgIpc) is 2.99. The van der Waals surface area contributed by atoms with Gasteiger partial charge in [0.2, 0.25) is 14.8 Å².